The van der Waals surface area contributed by atoms with Crippen molar-refractivity contribution in [2.45, 2.75) is 45.5 Å². The third-order valence-electron chi connectivity index (χ3n) is 3.12. The third-order valence-corrected chi connectivity index (χ3v) is 3.12. The molecule has 0 amide bonds. The minimum Gasteiger partial charge on any atom is -0.450 e. The molecule has 0 aromatic carbocycles. The summed E-state index contributed by atoms with van der Waals surface area (Å²) in [7, 11) is 0. The first-order valence-corrected chi connectivity index (χ1v) is 6.62. The average molecular weight is 308 g/mol. The van der Waals surface area contributed by atoms with Crippen molar-refractivity contribution in [3.05, 3.63) is 36.5 Å². The van der Waals surface area contributed by atoms with Gasteiger partial charge in [-0.1, -0.05) is 19.7 Å². The van der Waals surface area contributed by atoms with Gasteiger partial charge in [0.15, 0.2) is 17.8 Å². The van der Waals surface area contributed by atoms with Crippen LogP contribution in [0.25, 0.3) is 0 Å². The van der Waals surface area contributed by atoms with Gasteiger partial charge < -0.3 is 14.2 Å². The Morgan fingerprint density at radius 1 is 0.773 bits per heavy atom. The van der Waals surface area contributed by atoms with Gasteiger partial charge in [-0.25, -0.2) is 14.4 Å². The van der Waals surface area contributed by atoms with Gasteiger partial charge in [0.25, 0.3) is 0 Å². The van der Waals surface area contributed by atoms with Gasteiger partial charge in [0.05, 0.1) is 0 Å². The van der Waals surface area contributed by atoms with Crippen LogP contribution in [-0.2, 0) is 28.6 Å². The molecule has 6 heteroatoms. The summed E-state index contributed by atoms with van der Waals surface area (Å²) in [5.74, 6) is -1.97. The van der Waals surface area contributed by atoms with Crippen molar-refractivity contribution in [3.63, 3.8) is 0 Å². The molecule has 1 fully saturated rings. The number of carbonyl (C=O) groups is 3. The molecule has 2 atom stereocenters. The highest BCUT2D eigenvalue weighted by molar-refractivity contribution is 5.90. The van der Waals surface area contributed by atoms with Crippen molar-refractivity contribution in [1.29, 1.82) is 0 Å². The molecular weight excluding hydrogens is 288 g/mol. The van der Waals surface area contributed by atoms with Crippen LogP contribution in [0.15, 0.2) is 36.5 Å². The van der Waals surface area contributed by atoms with Crippen LogP contribution in [0.1, 0.15) is 27.7 Å². The van der Waals surface area contributed by atoms with Crippen molar-refractivity contribution >= 4 is 17.9 Å². The van der Waals surface area contributed by atoms with E-state index in [1.165, 1.54) is 27.7 Å². The maximum Gasteiger partial charge on any atom is 0.333 e. The van der Waals surface area contributed by atoms with Crippen LogP contribution in [-0.4, -0.2) is 35.7 Å². The Morgan fingerprint density at radius 2 is 1.09 bits per heavy atom. The summed E-state index contributed by atoms with van der Waals surface area (Å²) < 4.78 is 15.6. The number of hydrogen-bond donors (Lipinski definition) is 0. The van der Waals surface area contributed by atoms with Crippen LogP contribution in [0.4, 0.5) is 0 Å². The predicted molar refractivity (Wildman–Crippen MR) is 78.7 cm³/mol. The van der Waals surface area contributed by atoms with E-state index in [1.807, 2.05) is 0 Å². The first kappa shape index (κ1) is 17.7. The number of rotatable bonds is 6. The van der Waals surface area contributed by atoms with Gasteiger partial charge in [0.1, 0.15) is 0 Å². The average Bonchev–Trinajstić information content (AvgIpc) is 2.92. The summed E-state index contributed by atoms with van der Waals surface area (Å²) in [6.07, 6.45) is -1.80. The minimum atomic E-state index is -1.26. The highest BCUT2D eigenvalue weighted by Gasteiger charge is 2.71. The number of hydrogen-bond acceptors (Lipinski definition) is 6. The molecule has 0 heterocycles. The number of carbonyl (C=O) groups excluding carboxylic acids is 3. The molecule has 6 nitrogen and oxygen atoms in total. The summed E-state index contributed by atoms with van der Waals surface area (Å²) in [5.41, 5.74) is -0.703. The van der Waals surface area contributed by atoms with Gasteiger partial charge in [-0.15, -0.1) is 0 Å². The number of ether oxygens (including phenoxy) is 3. The van der Waals surface area contributed by atoms with Gasteiger partial charge in [0, 0.05) is 16.7 Å². The SMILES string of the molecule is C=C(C)C(=O)OC1C(OC(=O)C(=C)C)C1(C)OC(=O)C(=C)C. The highest BCUT2D eigenvalue weighted by atomic mass is 16.7. The fourth-order valence-corrected chi connectivity index (χ4v) is 1.61. The van der Waals surface area contributed by atoms with Crippen molar-refractivity contribution < 1.29 is 28.6 Å². The van der Waals surface area contributed by atoms with Gasteiger partial charge >= 0.3 is 17.9 Å². The normalized spacial score (nSPS) is 25.6. The molecule has 0 N–H and O–H groups in total. The molecule has 0 aliphatic heterocycles. The Balaban J connectivity index is 2.89. The second kappa shape index (κ2) is 6.17. The summed E-state index contributed by atoms with van der Waals surface area (Å²) in [5, 5.41) is 0. The second-order valence-corrected chi connectivity index (χ2v) is 5.57. The lowest BCUT2D eigenvalue weighted by Crippen LogP contribution is -2.25. The Bertz CT molecular complexity index is 537. The predicted octanol–water partition coefficient (Wildman–Crippen LogP) is 1.85. The molecule has 0 saturated heterocycles. The smallest absolute Gasteiger partial charge is 0.333 e. The standard InChI is InChI=1S/C16H20O6/c1-8(2)13(17)20-11-12(21-14(18)9(3)4)16(11,7)22-15(19)10(5)6/h11-12H,1,3,5H2,2,4,6-7H3. The van der Waals surface area contributed by atoms with Gasteiger partial charge in [-0.05, 0) is 27.7 Å². The topological polar surface area (TPSA) is 78.9 Å². The molecule has 0 spiro atoms. The van der Waals surface area contributed by atoms with Crippen LogP contribution >= 0.6 is 0 Å². The maximum absolute atomic E-state index is 11.7. The van der Waals surface area contributed by atoms with Crippen LogP contribution in [0.2, 0.25) is 0 Å². The molecule has 2 unspecified atom stereocenters. The van der Waals surface area contributed by atoms with Crippen molar-refractivity contribution in [3.8, 4) is 0 Å². The lowest BCUT2D eigenvalue weighted by Gasteiger charge is -2.13. The van der Waals surface area contributed by atoms with Crippen molar-refractivity contribution in [1.82, 2.24) is 0 Å². The Labute approximate surface area is 129 Å². The molecule has 1 rings (SSSR count). The van der Waals surface area contributed by atoms with Crippen molar-refractivity contribution in [2.24, 2.45) is 0 Å². The maximum atomic E-state index is 11.7. The molecule has 120 valence electrons. The zero-order valence-corrected chi connectivity index (χ0v) is 13.2. The largest absolute Gasteiger partial charge is 0.450 e. The highest BCUT2D eigenvalue weighted by Crippen LogP contribution is 2.46. The molecule has 22 heavy (non-hydrogen) atoms. The third kappa shape index (κ3) is 3.63. The first-order chi connectivity index (χ1) is 10.0. The zero-order valence-electron chi connectivity index (χ0n) is 13.2. The van der Waals surface area contributed by atoms with E-state index < -0.39 is 35.7 Å². The lowest BCUT2D eigenvalue weighted by molar-refractivity contribution is -0.155. The van der Waals surface area contributed by atoms with Gasteiger partial charge in [-0.2, -0.15) is 0 Å². The van der Waals surface area contributed by atoms with E-state index in [2.05, 4.69) is 19.7 Å². The molecular formula is C16H20O6. The van der Waals surface area contributed by atoms with E-state index in [9.17, 15) is 14.4 Å². The minimum absolute atomic E-state index is 0.183. The van der Waals surface area contributed by atoms with E-state index in [0.717, 1.165) is 0 Å². The van der Waals surface area contributed by atoms with E-state index in [0.29, 0.717) is 0 Å². The van der Waals surface area contributed by atoms with Crippen molar-refractivity contribution in [2.75, 3.05) is 0 Å². The number of esters is 3. The Morgan fingerprint density at radius 3 is 1.36 bits per heavy atom. The Kier molecular flexibility index (Phi) is 4.96. The van der Waals surface area contributed by atoms with E-state index in [-0.39, 0.29) is 16.7 Å². The fraction of sp³-hybridized carbons (Fsp3) is 0.438. The lowest BCUT2D eigenvalue weighted by atomic mass is 10.3. The summed E-state index contributed by atoms with van der Waals surface area (Å²) in [4.78, 5) is 34.9. The van der Waals surface area contributed by atoms with E-state index in [1.54, 1.807) is 0 Å². The molecule has 1 aliphatic rings. The van der Waals surface area contributed by atoms with E-state index in [4.69, 9.17) is 14.2 Å². The molecule has 0 radical (unpaired) electrons. The quantitative estimate of drug-likeness (QED) is 0.423. The zero-order chi connectivity index (χ0) is 17.2. The summed E-state index contributed by atoms with van der Waals surface area (Å²) in [6, 6.07) is 0. The first-order valence-electron chi connectivity index (χ1n) is 6.62. The van der Waals surface area contributed by atoms with Crippen LogP contribution in [0, 0.1) is 0 Å². The molecule has 0 bridgehead atoms. The molecule has 1 aliphatic carbocycles. The Hall–Kier alpha value is -2.37. The van der Waals surface area contributed by atoms with Gasteiger partial charge in [0.2, 0.25) is 0 Å². The monoisotopic (exact) mass is 308 g/mol. The molecule has 1 saturated carbocycles. The van der Waals surface area contributed by atoms with E-state index >= 15 is 0 Å². The fourth-order valence-electron chi connectivity index (χ4n) is 1.61. The summed E-state index contributed by atoms with van der Waals surface area (Å²) >= 11 is 0. The van der Waals surface area contributed by atoms with Crippen LogP contribution in [0.5, 0.6) is 0 Å². The molecule has 0 aromatic rings. The van der Waals surface area contributed by atoms with Crippen LogP contribution < -0.4 is 0 Å². The summed E-state index contributed by atoms with van der Waals surface area (Å²) in [6.45, 7) is 16.4. The van der Waals surface area contributed by atoms with Gasteiger partial charge in [-0.3, -0.25) is 0 Å². The second-order valence-electron chi connectivity index (χ2n) is 5.57. The van der Waals surface area contributed by atoms with Crippen LogP contribution in [0.3, 0.4) is 0 Å². The molecule has 0 aromatic heterocycles.